The van der Waals surface area contributed by atoms with Crippen LogP contribution in [0.25, 0.3) is 0 Å². The summed E-state index contributed by atoms with van der Waals surface area (Å²) in [4.78, 5) is 75.0. The maximum atomic E-state index is 12.9. The lowest BCUT2D eigenvalue weighted by molar-refractivity contribution is -0.143. The third-order valence-corrected chi connectivity index (χ3v) is 6.64. The summed E-state index contributed by atoms with van der Waals surface area (Å²) in [6, 6.07) is 3.97. The maximum Gasteiger partial charge on any atom is 0.326 e. The first-order valence-corrected chi connectivity index (χ1v) is 14.2. The van der Waals surface area contributed by atoms with Crippen molar-refractivity contribution in [1.29, 1.82) is 0 Å². The Balaban J connectivity index is 2.80. The number of nitrogens with one attached hydrogen (secondary N) is 5. The Morgan fingerprint density at radius 3 is 1.90 bits per heavy atom. The van der Waals surface area contributed by atoms with Crippen LogP contribution in [0.1, 0.15) is 59.9 Å². The van der Waals surface area contributed by atoms with E-state index in [9.17, 15) is 33.9 Å². The molecule has 0 bridgehead atoms. The number of aliphatic carboxylic acids is 1. The van der Waals surface area contributed by atoms with Crippen LogP contribution in [0.4, 0.5) is 0 Å². The van der Waals surface area contributed by atoms with Crippen LogP contribution >= 0.6 is 0 Å². The van der Waals surface area contributed by atoms with Gasteiger partial charge in [0.05, 0.1) is 12.6 Å². The molecule has 13 heteroatoms. The van der Waals surface area contributed by atoms with Crippen LogP contribution in [0, 0.1) is 11.8 Å². The second-order valence-electron chi connectivity index (χ2n) is 10.9. The first kappa shape index (κ1) is 36.0. The van der Waals surface area contributed by atoms with Gasteiger partial charge < -0.3 is 37.4 Å². The fourth-order valence-electron chi connectivity index (χ4n) is 3.95. The summed E-state index contributed by atoms with van der Waals surface area (Å²) in [7, 11) is 0. The number of carboxylic acids is 1. The molecule has 1 aromatic carbocycles. The first-order chi connectivity index (χ1) is 19.7. The molecule has 5 amide bonds. The fourth-order valence-corrected chi connectivity index (χ4v) is 3.95. The van der Waals surface area contributed by atoms with E-state index < -0.39 is 72.3 Å². The lowest BCUT2D eigenvalue weighted by Gasteiger charge is -2.27. The Kier molecular flexibility index (Phi) is 15.2. The summed E-state index contributed by atoms with van der Waals surface area (Å²) in [5.41, 5.74) is 6.41. The van der Waals surface area contributed by atoms with Crippen LogP contribution in [0.15, 0.2) is 30.3 Å². The minimum Gasteiger partial charge on any atom is -0.480 e. The van der Waals surface area contributed by atoms with Crippen molar-refractivity contribution < 1.29 is 33.9 Å². The molecule has 1 rings (SSSR count). The molecule has 0 aliphatic heterocycles. The number of hydrogen-bond acceptors (Lipinski definition) is 7. The van der Waals surface area contributed by atoms with Crippen LogP contribution in [0.2, 0.25) is 0 Å². The van der Waals surface area contributed by atoms with E-state index in [2.05, 4.69) is 26.6 Å². The van der Waals surface area contributed by atoms with Crippen molar-refractivity contribution in [3.63, 3.8) is 0 Å². The smallest absolute Gasteiger partial charge is 0.326 e. The second kappa shape index (κ2) is 17.7. The van der Waals surface area contributed by atoms with E-state index in [1.165, 1.54) is 13.8 Å². The standard InChI is InChI=1S/C29H46N6O7/c1-7-17(4)24(28(40)34-22(29(41)42)13-16(2)3)35-26(38)19(6)32-23(36)15-31-27(39)21(33-25(37)18(5)30)14-20-11-9-8-10-12-20/h8-12,16-19,21-22,24H,7,13-15,30H2,1-6H3,(H,31,39)(H,32,36)(H,33,37)(H,34,40)(H,35,38)(H,41,42)/t17-,18-,19-,21-,22-,24-/m0/s1. The van der Waals surface area contributed by atoms with Gasteiger partial charge in [-0.1, -0.05) is 64.4 Å². The molecule has 0 aromatic heterocycles. The van der Waals surface area contributed by atoms with Crippen molar-refractivity contribution in [3.8, 4) is 0 Å². The SMILES string of the molecule is CC[C@H](C)[C@H](NC(=O)[C@H](C)NC(=O)CNC(=O)[C@H](Cc1ccccc1)NC(=O)[C@H](C)N)C(=O)N[C@@H](CC(C)C)C(=O)O. The molecule has 0 saturated heterocycles. The highest BCUT2D eigenvalue weighted by Crippen LogP contribution is 2.11. The molecule has 0 saturated carbocycles. The lowest BCUT2D eigenvalue weighted by atomic mass is 9.96. The van der Waals surface area contributed by atoms with Gasteiger partial charge in [0.15, 0.2) is 0 Å². The molecule has 13 nitrogen and oxygen atoms in total. The van der Waals surface area contributed by atoms with Gasteiger partial charge in [0, 0.05) is 6.42 Å². The molecule has 0 unspecified atom stereocenters. The average molecular weight is 591 g/mol. The number of amides is 5. The van der Waals surface area contributed by atoms with E-state index in [-0.39, 0.29) is 24.7 Å². The van der Waals surface area contributed by atoms with E-state index in [1.807, 2.05) is 26.8 Å². The molecule has 0 heterocycles. The summed E-state index contributed by atoms with van der Waals surface area (Å²) in [6.07, 6.45) is 0.919. The third-order valence-electron chi connectivity index (χ3n) is 6.64. The van der Waals surface area contributed by atoms with Crippen molar-refractivity contribution in [3.05, 3.63) is 35.9 Å². The molecule has 0 aliphatic carbocycles. The number of rotatable bonds is 17. The van der Waals surface area contributed by atoms with Crippen LogP contribution in [0.5, 0.6) is 0 Å². The number of carboxylic acid groups (broad SMARTS) is 1. The van der Waals surface area contributed by atoms with E-state index in [1.54, 1.807) is 31.2 Å². The topological polar surface area (TPSA) is 209 Å². The zero-order valence-electron chi connectivity index (χ0n) is 25.2. The molecule has 234 valence electrons. The molecule has 8 N–H and O–H groups in total. The predicted molar refractivity (Wildman–Crippen MR) is 157 cm³/mol. The van der Waals surface area contributed by atoms with Gasteiger partial charge in [0.25, 0.3) is 0 Å². The maximum absolute atomic E-state index is 12.9. The number of carbonyl (C=O) groups excluding carboxylic acids is 5. The molecule has 6 atom stereocenters. The Labute approximate surface area is 247 Å². The van der Waals surface area contributed by atoms with E-state index in [0.717, 1.165) is 5.56 Å². The minimum atomic E-state index is -1.17. The molecule has 0 spiro atoms. The van der Waals surface area contributed by atoms with Gasteiger partial charge in [-0.2, -0.15) is 0 Å². The zero-order chi connectivity index (χ0) is 32.0. The van der Waals surface area contributed by atoms with Gasteiger partial charge in [-0.3, -0.25) is 24.0 Å². The van der Waals surface area contributed by atoms with Gasteiger partial charge in [-0.05, 0) is 37.7 Å². The highest BCUT2D eigenvalue weighted by Gasteiger charge is 2.31. The minimum absolute atomic E-state index is 0.0212. The number of nitrogens with two attached hydrogens (primary N) is 1. The summed E-state index contributed by atoms with van der Waals surface area (Å²) >= 11 is 0. The summed E-state index contributed by atoms with van der Waals surface area (Å²) < 4.78 is 0. The molecule has 0 radical (unpaired) electrons. The van der Waals surface area contributed by atoms with Crippen LogP contribution in [-0.4, -0.2) is 77.4 Å². The molecular weight excluding hydrogens is 544 g/mol. The van der Waals surface area contributed by atoms with Gasteiger partial charge >= 0.3 is 5.97 Å². The zero-order valence-corrected chi connectivity index (χ0v) is 25.2. The Hall–Kier alpha value is -4.00. The van der Waals surface area contributed by atoms with Crippen molar-refractivity contribution in [2.75, 3.05) is 6.54 Å². The lowest BCUT2D eigenvalue weighted by Crippen LogP contribution is -2.58. The molecular formula is C29H46N6O7. The van der Waals surface area contributed by atoms with E-state index >= 15 is 0 Å². The van der Waals surface area contributed by atoms with Crippen LogP contribution < -0.4 is 32.3 Å². The quantitative estimate of drug-likeness (QED) is 0.129. The molecule has 0 aliphatic rings. The summed E-state index contributed by atoms with van der Waals surface area (Å²) in [6.45, 7) is 9.68. The molecule has 0 fully saturated rings. The van der Waals surface area contributed by atoms with Crippen LogP contribution in [0.3, 0.4) is 0 Å². The Bertz CT molecular complexity index is 1080. The highest BCUT2D eigenvalue weighted by atomic mass is 16.4. The van der Waals surface area contributed by atoms with E-state index in [4.69, 9.17) is 5.73 Å². The van der Waals surface area contributed by atoms with Crippen molar-refractivity contribution in [2.24, 2.45) is 17.6 Å². The fraction of sp³-hybridized carbons (Fsp3) is 0.586. The first-order valence-electron chi connectivity index (χ1n) is 14.2. The molecule has 42 heavy (non-hydrogen) atoms. The normalized spacial score (nSPS) is 15.2. The average Bonchev–Trinajstić information content (AvgIpc) is 2.93. The number of benzene rings is 1. The summed E-state index contributed by atoms with van der Waals surface area (Å²) in [5, 5.41) is 22.1. The third kappa shape index (κ3) is 12.7. The highest BCUT2D eigenvalue weighted by molar-refractivity contribution is 5.95. The second-order valence-corrected chi connectivity index (χ2v) is 10.9. The largest absolute Gasteiger partial charge is 0.480 e. The molecule has 1 aromatic rings. The Morgan fingerprint density at radius 2 is 1.38 bits per heavy atom. The van der Waals surface area contributed by atoms with Crippen molar-refractivity contribution >= 4 is 35.5 Å². The van der Waals surface area contributed by atoms with Gasteiger partial charge in [-0.15, -0.1) is 0 Å². The predicted octanol–water partition coefficient (Wildman–Crippen LogP) is -0.172. The number of carbonyl (C=O) groups is 6. The van der Waals surface area contributed by atoms with Gasteiger partial charge in [0.2, 0.25) is 29.5 Å². The van der Waals surface area contributed by atoms with Crippen LogP contribution in [-0.2, 0) is 35.2 Å². The van der Waals surface area contributed by atoms with Gasteiger partial charge in [-0.25, -0.2) is 4.79 Å². The van der Waals surface area contributed by atoms with E-state index in [0.29, 0.717) is 6.42 Å². The van der Waals surface area contributed by atoms with Crippen molar-refractivity contribution in [2.45, 2.75) is 91.0 Å². The summed E-state index contributed by atoms with van der Waals surface area (Å²) in [5.74, 6) is -4.56. The van der Waals surface area contributed by atoms with Crippen molar-refractivity contribution in [1.82, 2.24) is 26.6 Å². The Morgan fingerprint density at radius 1 is 0.786 bits per heavy atom. The monoisotopic (exact) mass is 590 g/mol. The van der Waals surface area contributed by atoms with Gasteiger partial charge in [0.1, 0.15) is 24.2 Å². The number of hydrogen-bond donors (Lipinski definition) is 7.